The van der Waals surface area contributed by atoms with Gasteiger partial charge >= 0.3 is 0 Å². The summed E-state index contributed by atoms with van der Waals surface area (Å²) in [6, 6.07) is 0.376. The van der Waals surface area contributed by atoms with Gasteiger partial charge in [-0.2, -0.15) is 0 Å². The molecule has 5 heteroatoms. The van der Waals surface area contributed by atoms with E-state index in [9.17, 15) is 4.79 Å². The van der Waals surface area contributed by atoms with Crippen LogP contribution in [0.25, 0.3) is 0 Å². The van der Waals surface area contributed by atoms with Crippen molar-refractivity contribution in [2.75, 3.05) is 13.2 Å². The summed E-state index contributed by atoms with van der Waals surface area (Å²) in [5.41, 5.74) is 7.03. The highest BCUT2D eigenvalue weighted by atomic mass is 16.5. The van der Waals surface area contributed by atoms with E-state index in [1.54, 1.807) is 0 Å². The van der Waals surface area contributed by atoms with E-state index in [4.69, 9.17) is 10.5 Å². The minimum atomic E-state index is 0.0924. The topological polar surface area (TPSA) is 81.3 Å². The fourth-order valence-electron chi connectivity index (χ4n) is 3.62. The number of carbonyl (C=O) groups is 1. The van der Waals surface area contributed by atoms with Crippen molar-refractivity contribution in [2.45, 2.75) is 58.0 Å². The summed E-state index contributed by atoms with van der Waals surface area (Å²) in [6.07, 6.45) is 7.29. The van der Waals surface area contributed by atoms with E-state index in [1.807, 2.05) is 13.8 Å². The average Bonchev–Trinajstić information content (AvgIpc) is 2.96. The van der Waals surface area contributed by atoms with Crippen molar-refractivity contribution in [3.05, 3.63) is 11.9 Å². The van der Waals surface area contributed by atoms with Crippen LogP contribution in [0.5, 0.6) is 0 Å². The lowest BCUT2D eigenvalue weighted by molar-refractivity contribution is -0.626. The van der Waals surface area contributed by atoms with Crippen LogP contribution < -0.4 is 11.1 Å². The van der Waals surface area contributed by atoms with E-state index in [2.05, 4.69) is 23.2 Å². The molecule has 4 N–H and O–H groups in total. The zero-order valence-corrected chi connectivity index (χ0v) is 14.5. The van der Waals surface area contributed by atoms with Gasteiger partial charge in [0.25, 0.3) is 0 Å². The van der Waals surface area contributed by atoms with E-state index in [-0.39, 0.29) is 23.9 Å². The van der Waals surface area contributed by atoms with Gasteiger partial charge in [0.15, 0.2) is 0 Å². The maximum atomic E-state index is 12.1. The number of carbonyl (C=O) groups excluding carboxylic acids is 1. The first-order valence-electron chi connectivity index (χ1n) is 8.89. The minimum absolute atomic E-state index is 0.0924. The van der Waals surface area contributed by atoms with Crippen LogP contribution in [-0.2, 0) is 9.53 Å². The molecule has 2 fully saturated rings. The molecular weight excluding hydrogens is 290 g/mol. The van der Waals surface area contributed by atoms with Crippen molar-refractivity contribution in [1.29, 1.82) is 0 Å². The van der Waals surface area contributed by atoms with E-state index in [0.29, 0.717) is 24.9 Å². The fourth-order valence-corrected chi connectivity index (χ4v) is 3.62. The smallest absolute Gasteiger partial charge is 0.138 e. The third-order valence-electron chi connectivity index (χ3n) is 5.23. The molecule has 0 amide bonds. The van der Waals surface area contributed by atoms with Crippen LogP contribution in [0, 0.1) is 17.8 Å². The van der Waals surface area contributed by atoms with Gasteiger partial charge in [-0.3, -0.25) is 9.79 Å². The van der Waals surface area contributed by atoms with Crippen molar-refractivity contribution < 1.29 is 14.8 Å². The number of allylic oxidation sites excluding steroid dienone is 1. The molecule has 2 atom stereocenters. The number of ketones is 1. The molecule has 2 unspecified atom stereocenters. The van der Waals surface area contributed by atoms with Gasteiger partial charge in [-0.1, -0.05) is 13.8 Å². The van der Waals surface area contributed by atoms with Crippen molar-refractivity contribution in [1.82, 2.24) is 0 Å². The lowest BCUT2D eigenvalue weighted by atomic mass is 9.76. The third-order valence-corrected chi connectivity index (χ3v) is 5.23. The number of quaternary nitrogens is 1. The summed E-state index contributed by atoms with van der Waals surface area (Å²) in [5.74, 6) is 1.49. The molecule has 0 bridgehead atoms. The van der Waals surface area contributed by atoms with Crippen LogP contribution in [0.2, 0.25) is 0 Å². The molecule has 0 aromatic heterocycles. The summed E-state index contributed by atoms with van der Waals surface area (Å²) in [6.45, 7) is 9.05. The Kier molecular flexibility index (Phi) is 6.93. The Labute approximate surface area is 139 Å². The molecule has 0 radical (unpaired) electrons. The second kappa shape index (κ2) is 8.71. The first kappa shape index (κ1) is 18.3. The van der Waals surface area contributed by atoms with Crippen LogP contribution in [0.15, 0.2) is 16.9 Å². The molecule has 2 rings (SSSR count). The highest BCUT2D eigenvalue weighted by Gasteiger charge is 2.29. The van der Waals surface area contributed by atoms with Gasteiger partial charge in [0.05, 0.1) is 18.3 Å². The van der Waals surface area contributed by atoms with Crippen molar-refractivity contribution in [3.8, 4) is 0 Å². The van der Waals surface area contributed by atoms with Crippen molar-refractivity contribution >= 4 is 12.5 Å². The lowest BCUT2D eigenvalue weighted by Gasteiger charge is -2.28. The standard InChI is InChI=1S/C18H31N3O2/c1-12(2)18(22)14-6-4-13(5-7-14)8-15(20-3)9-21-17-11-23-10-16(17)19/h9,12-14,16-17,21H,3-8,10-11,19H2,1-2H3/p+1/b15-9-. The van der Waals surface area contributed by atoms with E-state index in [0.717, 1.165) is 37.8 Å². The van der Waals surface area contributed by atoms with Crippen LogP contribution in [0.3, 0.4) is 0 Å². The van der Waals surface area contributed by atoms with Gasteiger partial charge in [-0.25, -0.2) is 0 Å². The van der Waals surface area contributed by atoms with Crippen LogP contribution >= 0.6 is 0 Å². The Morgan fingerprint density at radius 1 is 1.35 bits per heavy atom. The highest BCUT2D eigenvalue weighted by molar-refractivity contribution is 5.82. The summed E-state index contributed by atoms with van der Waals surface area (Å²) < 4.78 is 5.38. The Morgan fingerprint density at radius 2 is 2.04 bits per heavy atom. The van der Waals surface area contributed by atoms with Crippen molar-refractivity contribution in [2.24, 2.45) is 28.5 Å². The maximum absolute atomic E-state index is 12.1. The maximum Gasteiger partial charge on any atom is 0.138 e. The first-order valence-corrected chi connectivity index (χ1v) is 8.89. The summed E-state index contributed by atoms with van der Waals surface area (Å²) in [7, 11) is 0. The molecule has 2 aliphatic rings. The van der Waals surface area contributed by atoms with Gasteiger partial charge in [-0.05, 0) is 44.7 Å². The highest BCUT2D eigenvalue weighted by Crippen LogP contribution is 2.34. The van der Waals surface area contributed by atoms with Crippen molar-refractivity contribution in [3.63, 3.8) is 0 Å². The quantitative estimate of drug-likeness (QED) is 0.692. The minimum Gasteiger partial charge on any atom is -0.373 e. The zero-order valence-electron chi connectivity index (χ0n) is 14.5. The molecule has 1 aliphatic heterocycles. The number of nitrogens with zero attached hydrogens (tertiary/aromatic N) is 1. The number of hydrogen-bond donors (Lipinski definition) is 2. The Morgan fingerprint density at radius 3 is 2.57 bits per heavy atom. The fraction of sp³-hybridized carbons (Fsp3) is 0.778. The SMILES string of the molecule is C=N/C(=C\[NH2+]C1COCC1N)CC1CCC(C(=O)C(C)C)CC1. The lowest BCUT2D eigenvalue weighted by Crippen LogP contribution is -2.88. The summed E-state index contributed by atoms with van der Waals surface area (Å²) in [5, 5.41) is 2.12. The number of Topliss-reactive ketones (excluding diaryl/α,β-unsaturated/α-hetero) is 1. The molecule has 1 heterocycles. The Hall–Kier alpha value is -1.04. The second-order valence-electron chi connectivity index (χ2n) is 7.35. The van der Waals surface area contributed by atoms with Crippen LogP contribution in [0.4, 0.5) is 0 Å². The summed E-state index contributed by atoms with van der Waals surface area (Å²) >= 11 is 0. The third kappa shape index (κ3) is 5.23. The van der Waals surface area contributed by atoms with Crippen LogP contribution in [0.1, 0.15) is 46.0 Å². The molecule has 5 nitrogen and oxygen atoms in total. The number of hydrogen-bond acceptors (Lipinski definition) is 4. The molecular formula is C18H32N3O2+. The zero-order chi connectivity index (χ0) is 16.8. The number of aliphatic imine (C=N–C) groups is 1. The molecule has 1 saturated heterocycles. The summed E-state index contributed by atoms with van der Waals surface area (Å²) in [4.78, 5) is 16.3. The Balaban J connectivity index is 1.79. The average molecular weight is 322 g/mol. The second-order valence-corrected chi connectivity index (χ2v) is 7.35. The normalized spacial score (nSPS) is 32.3. The van der Waals surface area contributed by atoms with Crippen LogP contribution in [-0.4, -0.2) is 37.8 Å². The van der Waals surface area contributed by atoms with Gasteiger partial charge in [0, 0.05) is 11.8 Å². The molecule has 0 aromatic carbocycles. The van der Waals surface area contributed by atoms with Gasteiger partial charge in [0.2, 0.25) is 0 Å². The van der Waals surface area contributed by atoms with Gasteiger partial charge in [0.1, 0.15) is 24.6 Å². The molecule has 1 saturated carbocycles. The predicted octanol–water partition coefficient (Wildman–Crippen LogP) is 1.24. The molecule has 0 spiro atoms. The Bertz CT molecular complexity index is 440. The first-order chi connectivity index (χ1) is 11.0. The van der Waals surface area contributed by atoms with E-state index < -0.39 is 0 Å². The molecule has 130 valence electrons. The molecule has 0 aromatic rings. The largest absolute Gasteiger partial charge is 0.373 e. The van der Waals surface area contributed by atoms with Gasteiger partial charge in [-0.15, -0.1) is 0 Å². The predicted molar refractivity (Wildman–Crippen MR) is 92.0 cm³/mol. The number of rotatable bonds is 7. The molecule has 1 aliphatic carbocycles. The number of nitrogens with two attached hydrogens (primary N) is 2. The monoisotopic (exact) mass is 322 g/mol. The number of ether oxygens (including phenoxy) is 1. The van der Waals surface area contributed by atoms with E-state index >= 15 is 0 Å². The van der Waals surface area contributed by atoms with Gasteiger partial charge < -0.3 is 15.8 Å². The molecule has 23 heavy (non-hydrogen) atoms. The van der Waals surface area contributed by atoms with E-state index in [1.165, 1.54) is 0 Å².